The van der Waals surface area contributed by atoms with Crippen molar-refractivity contribution >= 4 is 11.8 Å². The molecule has 2 rings (SSSR count). The lowest BCUT2D eigenvalue weighted by molar-refractivity contribution is -0.142. The summed E-state index contributed by atoms with van der Waals surface area (Å²) in [7, 11) is 0. The second-order valence-electron chi connectivity index (χ2n) is 7.53. The molecule has 0 unspecified atom stereocenters. The van der Waals surface area contributed by atoms with Gasteiger partial charge in [-0.15, -0.1) is 0 Å². The van der Waals surface area contributed by atoms with Crippen molar-refractivity contribution in [2.75, 3.05) is 13.2 Å². The van der Waals surface area contributed by atoms with Crippen LogP contribution in [0.15, 0.2) is 42.5 Å². The zero-order chi connectivity index (χ0) is 21.4. The summed E-state index contributed by atoms with van der Waals surface area (Å²) in [6.45, 7) is 10.6. The van der Waals surface area contributed by atoms with Crippen molar-refractivity contribution in [1.29, 1.82) is 0 Å². The van der Waals surface area contributed by atoms with Gasteiger partial charge in [0.15, 0.2) is 6.61 Å². The van der Waals surface area contributed by atoms with E-state index in [1.807, 2.05) is 64.1 Å². The summed E-state index contributed by atoms with van der Waals surface area (Å²) in [4.78, 5) is 27.2. The minimum Gasteiger partial charge on any atom is -0.484 e. The van der Waals surface area contributed by atoms with Gasteiger partial charge in [0, 0.05) is 13.1 Å². The average Bonchev–Trinajstić information content (AvgIpc) is 2.68. The number of benzene rings is 2. The monoisotopic (exact) mass is 396 g/mol. The number of carbonyl (C=O) groups is 2. The fraction of sp³-hybridized carbons (Fsp3) is 0.417. The molecule has 0 spiro atoms. The molecule has 0 aliphatic heterocycles. The van der Waals surface area contributed by atoms with Gasteiger partial charge in [-0.25, -0.2) is 0 Å². The molecule has 29 heavy (non-hydrogen) atoms. The topological polar surface area (TPSA) is 58.6 Å². The molecule has 0 heterocycles. The Bertz CT molecular complexity index is 828. The van der Waals surface area contributed by atoms with Crippen molar-refractivity contribution < 1.29 is 14.3 Å². The van der Waals surface area contributed by atoms with E-state index in [1.165, 1.54) is 0 Å². The van der Waals surface area contributed by atoms with E-state index in [9.17, 15) is 9.59 Å². The van der Waals surface area contributed by atoms with Gasteiger partial charge in [0.05, 0.1) is 0 Å². The van der Waals surface area contributed by atoms with Gasteiger partial charge in [0.2, 0.25) is 5.91 Å². The van der Waals surface area contributed by atoms with E-state index in [1.54, 1.807) is 11.8 Å². The lowest BCUT2D eigenvalue weighted by Gasteiger charge is -2.29. The standard InChI is InChI=1S/C24H32N2O3/c1-6-11-25-24(28)20(5)26(15-21-10-8-7-9-19(21)4)23(27)16-29-22-13-17(2)12-18(3)14-22/h7-10,12-14,20H,6,11,15-16H2,1-5H3,(H,25,28)/t20-/m0/s1. The maximum absolute atomic E-state index is 13.0. The number of nitrogens with one attached hydrogen (secondary N) is 1. The van der Waals surface area contributed by atoms with E-state index in [4.69, 9.17) is 4.74 Å². The third-order valence-electron chi connectivity index (χ3n) is 4.88. The van der Waals surface area contributed by atoms with Crippen LogP contribution in [-0.4, -0.2) is 35.9 Å². The first-order valence-corrected chi connectivity index (χ1v) is 10.1. The Labute approximate surface area is 174 Å². The Morgan fingerprint density at radius 2 is 1.72 bits per heavy atom. The Morgan fingerprint density at radius 1 is 1.07 bits per heavy atom. The van der Waals surface area contributed by atoms with Gasteiger partial charge in [-0.05, 0) is 68.5 Å². The summed E-state index contributed by atoms with van der Waals surface area (Å²) >= 11 is 0. The molecular weight excluding hydrogens is 364 g/mol. The molecule has 1 N–H and O–H groups in total. The van der Waals surface area contributed by atoms with Crippen molar-refractivity contribution in [3.63, 3.8) is 0 Å². The summed E-state index contributed by atoms with van der Waals surface area (Å²) in [5, 5.41) is 2.88. The van der Waals surface area contributed by atoms with Gasteiger partial charge in [0.1, 0.15) is 11.8 Å². The molecule has 0 aliphatic carbocycles. The normalized spacial score (nSPS) is 11.6. The Morgan fingerprint density at radius 3 is 2.34 bits per heavy atom. The number of amides is 2. The molecule has 0 fully saturated rings. The fourth-order valence-corrected chi connectivity index (χ4v) is 3.19. The highest BCUT2D eigenvalue weighted by molar-refractivity contribution is 5.88. The molecule has 5 nitrogen and oxygen atoms in total. The largest absolute Gasteiger partial charge is 0.484 e. The second kappa shape index (κ2) is 10.6. The SMILES string of the molecule is CCCNC(=O)[C@H](C)N(Cc1ccccc1C)C(=O)COc1cc(C)cc(C)c1. The first kappa shape index (κ1) is 22.5. The van der Waals surface area contributed by atoms with Crippen LogP contribution >= 0.6 is 0 Å². The van der Waals surface area contributed by atoms with Crippen LogP contribution in [-0.2, 0) is 16.1 Å². The molecule has 0 aromatic heterocycles. The lowest BCUT2D eigenvalue weighted by atomic mass is 10.1. The van der Waals surface area contributed by atoms with Gasteiger partial charge in [-0.3, -0.25) is 9.59 Å². The molecule has 2 aromatic carbocycles. The van der Waals surface area contributed by atoms with Gasteiger partial charge in [-0.2, -0.15) is 0 Å². The first-order valence-electron chi connectivity index (χ1n) is 10.1. The minimum absolute atomic E-state index is 0.111. The van der Waals surface area contributed by atoms with Crippen LogP contribution < -0.4 is 10.1 Å². The van der Waals surface area contributed by atoms with Crippen LogP contribution in [0, 0.1) is 20.8 Å². The second-order valence-corrected chi connectivity index (χ2v) is 7.53. The van der Waals surface area contributed by atoms with Crippen molar-refractivity contribution in [3.8, 4) is 5.75 Å². The summed E-state index contributed by atoms with van der Waals surface area (Å²) in [5.41, 5.74) is 4.26. The number of ether oxygens (including phenoxy) is 1. The van der Waals surface area contributed by atoms with E-state index in [-0.39, 0.29) is 18.4 Å². The molecular formula is C24H32N2O3. The zero-order valence-corrected chi connectivity index (χ0v) is 18.1. The first-order chi connectivity index (χ1) is 13.8. The van der Waals surface area contributed by atoms with Crippen molar-refractivity contribution in [1.82, 2.24) is 10.2 Å². The molecule has 5 heteroatoms. The predicted octanol–water partition coefficient (Wildman–Crippen LogP) is 3.93. The maximum atomic E-state index is 13.0. The van der Waals surface area contributed by atoms with Crippen LogP contribution in [0.4, 0.5) is 0 Å². The Balaban J connectivity index is 2.17. The van der Waals surface area contributed by atoms with Crippen LogP contribution in [0.5, 0.6) is 5.75 Å². The van der Waals surface area contributed by atoms with Gasteiger partial charge < -0.3 is 15.0 Å². The van der Waals surface area contributed by atoms with E-state index < -0.39 is 6.04 Å². The van der Waals surface area contributed by atoms with Crippen LogP contribution in [0.25, 0.3) is 0 Å². The van der Waals surface area contributed by atoms with Crippen LogP contribution in [0.3, 0.4) is 0 Å². The lowest BCUT2D eigenvalue weighted by Crippen LogP contribution is -2.49. The van der Waals surface area contributed by atoms with Crippen molar-refractivity contribution in [2.24, 2.45) is 0 Å². The molecule has 0 saturated carbocycles. The highest BCUT2D eigenvalue weighted by atomic mass is 16.5. The van der Waals surface area contributed by atoms with Crippen molar-refractivity contribution in [3.05, 3.63) is 64.7 Å². The smallest absolute Gasteiger partial charge is 0.261 e. The molecule has 0 saturated heterocycles. The van der Waals surface area contributed by atoms with E-state index in [2.05, 4.69) is 11.4 Å². The summed E-state index contributed by atoms with van der Waals surface area (Å²) in [5.74, 6) is 0.293. The van der Waals surface area contributed by atoms with Gasteiger partial charge in [-0.1, -0.05) is 37.3 Å². The summed E-state index contributed by atoms with van der Waals surface area (Å²) in [6.07, 6.45) is 0.847. The molecule has 0 bridgehead atoms. The highest BCUT2D eigenvalue weighted by Crippen LogP contribution is 2.18. The molecule has 2 aromatic rings. The average molecular weight is 397 g/mol. The highest BCUT2D eigenvalue weighted by Gasteiger charge is 2.26. The predicted molar refractivity (Wildman–Crippen MR) is 116 cm³/mol. The minimum atomic E-state index is -0.587. The van der Waals surface area contributed by atoms with Crippen LogP contribution in [0.2, 0.25) is 0 Å². The third-order valence-corrected chi connectivity index (χ3v) is 4.88. The number of aryl methyl sites for hydroxylation is 3. The van der Waals surface area contributed by atoms with Crippen molar-refractivity contribution in [2.45, 2.75) is 53.6 Å². The number of carbonyl (C=O) groups excluding carboxylic acids is 2. The summed E-state index contributed by atoms with van der Waals surface area (Å²) < 4.78 is 5.77. The van der Waals surface area contributed by atoms with Crippen LogP contribution in [0.1, 0.15) is 42.5 Å². The molecule has 2 amide bonds. The number of nitrogens with zero attached hydrogens (tertiary/aromatic N) is 1. The van der Waals surface area contributed by atoms with Gasteiger partial charge in [0.25, 0.3) is 5.91 Å². The fourth-order valence-electron chi connectivity index (χ4n) is 3.19. The van der Waals surface area contributed by atoms with Gasteiger partial charge >= 0.3 is 0 Å². The number of rotatable bonds is 9. The van der Waals surface area contributed by atoms with E-state index in [0.717, 1.165) is 28.7 Å². The Kier molecular flexibility index (Phi) is 8.25. The number of hydrogen-bond acceptors (Lipinski definition) is 3. The molecule has 0 aliphatic rings. The number of hydrogen-bond donors (Lipinski definition) is 1. The van der Waals surface area contributed by atoms with E-state index >= 15 is 0 Å². The summed E-state index contributed by atoms with van der Waals surface area (Å²) in [6, 6.07) is 13.2. The molecule has 1 atom stereocenters. The zero-order valence-electron chi connectivity index (χ0n) is 18.1. The maximum Gasteiger partial charge on any atom is 0.261 e. The van der Waals surface area contributed by atoms with E-state index in [0.29, 0.717) is 18.8 Å². The Hall–Kier alpha value is -2.82. The quantitative estimate of drug-likeness (QED) is 0.699. The molecule has 156 valence electrons. The molecule has 0 radical (unpaired) electrons. The third kappa shape index (κ3) is 6.63.